The lowest BCUT2D eigenvalue weighted by atomic mass is 10.00. The van der Waals surface area contributed by atoms with Gasteiger partial charge in [-0.05, 0) is 55.2 Å². The number of rotatable bonds is 3. The number of hydrogen-bond acceptors (Lipinski definition) is 2. The van der Waals surface area contributed by atoms with Crippen LogP contribution >= 0.6 is 0 Å². The molecule has 2 aliphatic heterocycles. The van der Waals surface area contributed by atoms with Crippen LogP contribution in [0.5, 0.6) is 0 Å². The second-order valence-corrected chi connectivity index (χ2v) is 7.89. The van der Waals surface area contributed by atoms with Gasteiger partial charge in [-0.15, -0.1) is 0 Å². The van der Waals surface area contributed by atoms with Gasteiger partial charge in [0.2, 0.25) is 5.91 Å². The van der Waals surface area contributed by atoms with Crippen LogP contribution < -0.4 is 5.32 Å². The third-order valence-electron chi connectivity index (χ3n) is 6.05. The van der Waals surface area contributed by atoms with E-state index in [2.05, 4.69) is 48.3 Å². The molecule has 0 radical (unpaired) electrons. The van der Waals surface area contributed by atoms with E-state index in [0.29, 0.717) is 29.8 Å². The first-order valence-corrected chi connectivity index (χ1v) is 9.28. The molecule has 0 spiro atoms. The van der Waals surface area contributed by atoms with E-state index >= 15 is 0 Å². The Bertz CT molecular complexity index is 566. The van der Waals surface area contributed by atoms with E-state index in [1.54, 1.807) is 0 Å². The van der Waals surface area contributed by atoms with E-state index in [1.807, 2.05) is 0 Å². The molecule has 3 fully saturated rings. The van der Waals surface area contributed by atoms with Crippen LogP contribution in [0.4, 0.5) is 0 Å². The molecule has 1 amide bonds. The first kappa shape index (κ1) is 15.2. The Kier molecular flexibility index (Phi) is 3.92. The SMILES string of the molecule is CC(C)c1ccc(C2CC2C(=O)N2C3CCNCC2CC3)cc1. The van der Waals surface area contributed by atoms with Gasteiger partial charge in [-0.25, -0.2) is 0 Å². The van der Waals surface area contributed by atoms with Gasteiger partial charge in [-0.1, -0.05) is 38.1 Å². The Morgan fingerprint density at radius 3 is 2.61 bits per heavy atom. The van der Waals surface area contributed by atoms with E-state index in [0.717, 1.165) is 25.9 Å². The first-order valence-electron chi connectivity index (χ1n) is 9.28. The topological polar surface area (TPSA) is 32.3 Å². The Morgan fingerprint density at radius 1 is 1.13 bits per heavy atom. The monoisotopic (exact) mass is 312 g/mol. The zero-order chi connectivity index (χ0) is 16.0. The molecule has 4 atom stereocenters. The minimum atomic E-state index is 0.237. The highest BCUT2D eigenvalue weighted by atomic mass is 16.2. The number of amides is 1. The fourth-order valence-corrected chi connectivity index (χ4v) is 4.50. The molecule has 3 heteroatoms. The minimum Gasteiger partial charge on any atom is -0.335 e. The van der Waals surface area contributed by atoms with E-state index in [1.165, 1.54) is 24.0 Å². The summed E-state index contributed by atoms with van der Waals surface area (Å²) in [7, 11) is 0. The van der Waals surface area contributed by atoms with E-state index in [9.17, 15) is 4.79 Å². The summed E-state index contributed by atoms with van der Waals surface area (Å²) < 4.78 is 0. The highest BCUT2D eigenvalue weighted by molar-refractivity contribution is 5.84. The van der Waals surface area contributed by atoms with Crippen molar-refractivity contribution in [2.24, 2.45) is 5.92 Å². The molecule has 124 valence electrons. The molecule has 2 bridgehead atoms. The Balaban J connectivity index is 1.45. The number of fused-ring (bicyclic) bond motifs is 2. The molecule has 23 heavy (non-hydrogen) atoms. The molecule has 0 aromatic heterocycles. The molecule has 2 heterocycles. The molecule has 1 saturated carbocycles. The number of nitrogens with one attached hydrogen (secondary N) is 1. The molecular weight excluding hydrogens is 284 g/mol. The summed E-state index contributed by atoms with van der Waals surface area (Å²) in [6.07, 6.45) is 4.56. The van der Waals surface area contributed by atoms with Crippen LogP contribution in [-0.4, -0.2) is 36.0 Å². The minimum absolute atomic E-state index is 0.237. The second-order valence-electron chi connectivity index (χ2n) is 7.89. The van der Waals surface area contributed by atoms with Gasteiger partial charge in [-0.3, -0.25) is 4.79 Å². The number of carbonyl (C=O) groups is 1. The molecular formula is C20H28N2O. The summed E-state index contributed by atoms with van der Waals surface area (Å²) in [6, 6.07) is 9.89. The summed E-state index contributed by atoms with van der Waals surface area (Å²) >= 11 is 0. The molecule has 2 saturated heterocycles. The molecule has 4 unspecified atom stereocenters. The van der Waals surface area contributed by atoms with Gasteiger partial charge in [0.25, 0.3) is 0 Å². The normalized spacial score (nSPS) is 32.9. The summed E-state index contributed by atoms with van der Waals surface area (Å²) in [6.45, 7) is 6.50. The standard InChI is InChI=1S/C20H28N2O/c1-13(2)14-3-5-15(6-4-14)18-11-19(18)20(23)22-16-7-8-17(22)12-21-10-9-16/h3-6,13,16-19,21H,7-12H2,1-2H3. The van der Waals surface area contributed by atoms with Crippen molar-refractivity contribution in [3.8, 4) is 0 Å². The highest BCUT2D eigenvalue weighted by Crippen LogP contribution is 2.50. The van der Waals surface area contributed by atoms with Crippen molar-refractivity contribution in [2.75, 3.05) is 13.1 Å². The third kappa shape index (κ3) is 2.80. The molecule has 4 rings (SSSR count). The lowest BCUT2D eigenvalue weighted by molar-refractivity contribution is -0.135. The Hall–Kier alpha value is -1.35. The smallest absolute Gasteiger partial charge is 0.226 e. The van der Waals surface area contributed by atoms with E-state index in [4.69, 9.17) is 0 Å². The van der Waals surface area contributed by atoms with Crippen LogP contribution in [0.1, 0.15) is 62.5 Å². The predicted molar refractivity (Wildman–Crippen MR) is 92.5 cm³/mol. The lowest BCUT2D eigenvalue weighted by Gasteiger charge is -2.28. The van der Waals surface area contributed by atoms with Crippen molar-refractivity contribution in [1.82, 2.24) is 10.2 Å². The van der Waals surface area contributed by atoms with Crippen molar-refractivity contribution in [3.05, 3.63) is 35.4 Å². The summed E-state index contributed by atoms with van der Waals surface area (Å²) in [5, 5.41) is 3.49. The summed E-state index contributed by atoms with van der Waals surface area (Å²) in [5.41, 5.74) is 2.74. The van der Waals surface area contributed by atoms with Crippen LogP contribution in [0.25, 0.3) is 0 Å². The van der Waals surface area contributed by atoms with Crippen molar-refractivity contribution in [2.45, 2.75) is 63.5 Å². The van der Waals surface area contributed by atoms with Crippen molar-refractivity contribution < 1.29 is 4.79 Å². The first-order chi connectivity index (χ1) is 11.1. The highest BCUT2D eigenvalue weighted by Gasteiger charge is 2.49. The van der Waals surface area contributed by atoms with Crippen LogP contribution in [-0.2, 0) is 4.79 Å². The molecule has 1 N–H and O–H groups in total. The fraction of sp³-hybridized carbons (Fsp3) is 0.650. The van der Waals surface area contributed by atoms with E-state index < -0.39 is 0 Å². The van der Waals surface area contributed by atoms with Gasteiger partial charge in [-0.2, -0.15) is 0 Å². The molecule has 1 aromatic carbocycles. The number of nitrogens with zero attached hydrogens (tertiary/aromatic N) is 1. The fourth-order valence-electron chi connectivity index (χ4n) is 4.50. The van der Waals surface area contributed by atoms with Gasteiger partial charge < -0.3 is 10.2 Å². The zero-order valence-corrected chi connectivity index (χ0v) is 14.3. The number of carbonyl (C=O) groups excluding carboxylic acids is 1. The summed E-state index contributed by atoms with van der Waals surface area (Å²) in [5.74, 6) is 1.69. The van der Waals surface area contributed by atoms with Crippen LogP contribution in [0.2, 0.25) is 0 Å². The molecule has 3 aliphatic rings. The van der Waals surface area contributed by atoms with Gasteiger partial charge in [0.1, 0.15) is 0 Å². The van der Waals surface area contributed by atoms with Gasteiger partial charge in [0, 0.05) is 24.5 Å². The van der Waals surface area contributed by atoms with Crippen LogP contribution in [0.15, 0.2) is 24.3 Å². The lowest BCUT2D eigenvalue weighted by Crippen LogP contribution is -2.43. The largest absolute Gasteiger partial charge is 0.335 e. The Labute approximate surface area is 139 Å². The van der Waals surface area contributed by atoms with E-state index in [-0.39, 0.29) is 5.92 Å². The zero-order valence-electron chi connectivity index (χ0n) is 14.3. The van der Waals surface area contributed by atoms with Crippen LogP contribution in [0.3, 0.4) is 0 Å². The third-order valence-corrected chi connectivity index (χ3v) is 6.05. The van der Waals surface area contributed by atoms with Gasteiger partial charge in [0.15, 0.2) is 0 Å². The maximum atomic E-state index is 13.0. The van der Waals surface area contributed by atoms with Crippen molar-refractivity contribution in [1.29, 1.82) is 0 Å². The number of benzene rings is 1. The van der Waals surface area contributed by atoms with Gasteiger partial charge >= 0.3 is 0 Å². The number of hydrogen-bond donors (Lipinski definition) is 1. The second kappa shape index (κ2) is 5.94. The van der Waals surface area contributed by atoms with Crippen molar-refractivity contribution >= 4 is 5.91 Å². The average molecular weight is 312 g/mol. The van der Waals surface area contributed by atoms with Gasteiger partial charge in [0.05, 0.1) is 0 Å². The molecule has 1 aromatic rings. The quantitative estimate of drug-likeness (QED) is 0.929. The van der Waals surface area contributed by atoms with Crippen LogP contribution in [0, 0.1) is 5.92 Å². The molecule has 3 nitrogen and oxygen atoms in total. The summed E-state index contributed by atoms with van der Waals surface area (Å²) in [4.78, 5) is 15.3. The predicted octanol–water partition coefficient (Wildman–Crippen LogP) is 3.27. The maximum Gasteiger partial charge on any atom is 0.226 e. The maximum absolute atomic E-state index is 13.0. The molecule has 1 aliphatic carbocycles. The Morgan fingerprint density at radius 2 is 1.87 bits per heavy atom. The average Bonchev–Trinajstić information content (AvgIpc) is 3.26. The van der Waals surface area contributed by atoms with Crippen molar-refractivity contribution in [3.63, 3.8) is 0 Å².